The highest BCUT2D eigenvalue weighted by atomic mass is 35.5. The predicted molar refractivity (Wildman–Crippen MR) is 159 cm³/mol. The lowest BCUT2D eigenvalue weighted by Gasteiger charge is -2.40. The number of allylic oxidation sites excluding steroid dienone is 1. The molecule has 0 aromatic heterocycles. The van der Waals surface area contributed by atoms with Crippen LogP contribution in [0.4, 0.5) is 0 Å². The number of hydrogen-bond acceptors (Lipinski definition) is 2. The largest absolute Gasteiger partial charge is 0.396 e. The van der Waals surface area contributed by atoms with E-state index in [1.165, 1.54) is 44.1 Å². The summed E-state index contributed by atoms with van der Waals surface area (Å²) in [7, 11) is 0. The molecule has 2 atom stereocenters. The third-order valence-corrected chi connectivity index (χ3v) is 7.15. The van der Waals surface area contributed by atoms with Crippen molar-refractivity contribution >= 4 is 11.6 Å². The van der Waals surface area contributed by atoms with E-state index in [4.69, 9.17) is 21.8 Å². The third-order valence-electron chi connectivity index (χ3n) is 6.96. The van der Waals surface area contributed by atoms with E-state index in [0.717, 1.165) is 32.1 Å². The average Bonchev–Trinajstić information content (AvgIpc) is 2.57. The van der Waals surface area contributed by atoms with Crippen molar-refractivity contribution in [2.75, 3.05) is 13.2 Å². The van der Waals surface area contributed by atoms with Crippen LogP contribution in [0.25, 0.3) is 0 Å². The summed E-state index contributed by atoms with van der Waals surface area (Å²) in [5.74, 6) is 1.28. The summed E-state index contributed by atoms with van der Waals surface area (Å²) in [6.45, 7) is 29.9. The van der Waals surface area contributed by atoms with Crippen LogP contribution in [0.3, 0.4) is 0 Å². The Morgan fingerprint density at radius 1 is 0.686 bits per heavy atom. The standard InChI is InChI=1S/C22H44O.C10H21ClO/c1-18(2)15-21(6,7)17-22(8,9)16-20(4,5)13-10-11-19(3)12-14-23;1-9(6-8-12)5-4-7-10(2,3)11/h19,23H,1,10-17H2,2-9H3;9,12H,4-8H2,1-3H3. The van der Waals surface area contributed by atoms with Gasteiger partial charge < -0.3 is 10.2 Å². The minimum Gasteiger partial charge on any atom is -0.396 e. The second-order valence-corrected chi connectivity index (χ2v) is 15.7. The van der Waals surface area contributed by atoms with Gasteiger partial charge in [-0.1, -0.05) is 86.6 Å². The molecule has 0 spiro atoms. The molecule has 3 heteroatoms. The Balaban J connectivity index is 0. The molecule has 0 aliphatic heterocycles. The molecule has 2 unspecified atom stereocenters. The summed E-state index contributed by atoms with van der Waals surface area (Å²) in [6, 6.07) is 0. The monoisotopic (exact) mass is 516 g/mol. The van der Waals surface area contributed by atoms with Crippen LogP contribution < -0.4 is 0 Å². The van der Waals surface area contributed by atoms with Crippen molar-refractivity contribution in [3.63, 3.8) is 0 Å². The van der Waals surface area contributed by atoms with Gasteiger partial charge in [-0.05, 0) is 93.8 Å². The van der Waals surface area contributed by atoms with Crippen LogP contribution in [0, 0.1) is 28.1 Å². The van der Waals surface area contributed by atoms with Crippen LogP contribution in [0.1, 0.15) is 147 Å². The van der Waals surface area contributed by atoms with Crippen molar-refractivity contribution in [3.8, 4) is 0 Å². The first-order chi connectivity index (χ1) is 15.7. The third kappa shape index (κ3) is 25.4. The van der Waals surface area contributed by atoms with Crippen LogP contribution in [0.5, 0.6) is 0 Å². The molecule has 0 amide bonds. The summed E-state index contributed by atoms with van der Waals surface area (Å²) in [5, 5.41) is 17.7. The molecule has 2 N–H and O–H groups in total. The lowest BCUT2D eigenvalue weighted by atomic mass is 9.65. The van der Waals surface area contributed by atoms with Gasteiger partial charge in [-0.15, -0.1) is 18.2 Å². The average molecular weight is 517 g/mol. The van der Waals surface area contributed by atoms with Crippen LogP contribution in [-0.2, 0) is 0 Å². The first kappa shape index (κ1) is 37.1. The van der Waals surface area contributed by atoms with Gasteiger partial charge in [0.25, 0.3) is 0 Å². The van der Waals surface area contributed by atoms with Gasteiger partial charge in [0, 0.05) is 18.1 Å². The zero-order chi connectivity index (χ0) is 27.9. The van der Waals surface area contributed by atoms with Crippen molar-refractivity contribution in [3.05, 3.63) is 12.2 Å². The highest BCUT2D eigenvalue weighted by Crippen LogP contribution is 2.45. The van der Waals surface area contributed by atoms with Gasteiger partial charge in [0.05, 0.1) is 0 Å². The molecule has 2 nitrogen and oxygen atoms in total. The molecule has 0 rings (SSSR count). The summed E-state index contributed by atoms with van der Waals surface area (Å²) >= 11 is 6.04. The molecule has 35 heavy (non-hydrogen) atoms. The van der Waals surface area contributed by atoms with Gasteiger partial charge >= 0.3 is 0 Å². The second kappa shape index (κ2) is 17.5. The van der Waals surface area contributed by atoms with E-state index >= 15 is 0 Å². The minimum atomic E-state index is -0.0566. The highest BCUT2D eigenvalue weighted by Gasteiger charge is 2.33. The molecular formula is C32H65ClO2. The Labute approximate surface area is 226 Å². The highest BCUT2D eigenvalue weighted by molar-refractivity contribution is 6.23. The fraction of sp³-hybridized carbons (Fsp3) is 0.938. The van der Waals surface area contributed by atoms with Crippen LogP contribution in [0.2, 0.25) is 0 Å². The number of rotatable bonds is 18. The molecule has 0 heterocycles. The molecule has 0 aromatic rings. The topological polar surface area (TPSA) is 40.5 Å². The number of aliphatic hydroxyl groups excluding tert-OH is 2. The Kier molecular flexibility index (Phi) is 18.5. The Morgan fingerprint density at radius 3 is 1.46 bits per heavy atom. The van der Waals surface area contributed by atoms with E-state index in [0.29, 0.717) is 41.3 Å². The molecule has 0 fully saturated rings. The van der Waals surface area contributed by atoms with Gasteiger partial charge in [0.2, 0.25) is 0 Å². The molecule has 0 saturated heterocycles. The zero-order valence-electron chi connectivity index (χ0n) is 25.8. The van der Waals surface area contributed by atoms with E-state index in [2.05, 4.69) is 68.9 Å². The quantitative estimate of drug-likeness (QED) is 0.140. The summed E-state index contributed by atoms with van der Waals surface area (Å²) < 4.78 is 0. The summed E-state index contributed by atoms with van der Waals surface area (Å²) in [5.41, 5.74) is 2.38. The molecular weight excluding hydrogens is 452 g/mol. The maximum Gasteiger partial charge on any atom is 0.0433 e. The molecule has 0 aliphatic rings. The van der Waals surface area contributed by atoms with Gasteiger partial charge in [-0.2, -0.15) is 0 Å². The lowest BCUT2D eigenvalue weighted by Crippen LogP contribution is -2.29. The molecule has 0 radical (unpaired) electrons. The Bertz CT molecular complexity index is 542. The van der Waals surface area contributed by atoms with Crippen molar-refractivity contribution in [1.82, 2.24) is 0 Å². The van der Waals surface area contributed by atoms with Crippen LogP contribution in [-0.4, -0.2) is 28.3 Å². The molecule has 0 aromatic carbocycles. The maximum absolute atomic E-state index is 9.01. The van der Waals surface area contributed by atoms with E-state index < -0.39 is 0 Å². The smallest absolute Gasteiger partial charge is 0.0433 e. The van der Waals surface area contributed by atoms with E-state index in [9.17, 15) is 0 Å². The van der Waals surface area contributed by atoms with Gasteiger partial charge in [-0.25, -0.2) is 0 Å². The first-order valence-electron chi connectivity index (χ1n) is 14.3. The number of halogens is 1. The van der Waals surface area contributed by atoms with Gasteiger partial charge in [-0.3, -0.25) is 0 Å². The molecule has 0 saturated carbocycles. The fourth-order valence-corrected chi connectivity index (χ4v) is 6.28. The number of alkyl halides is 1. The van der Waals surface area contributed by atoms with Crippen LogP contribution >= 0.6 is 11.6 Å². The molecule has 0 bridgehead atoms. The van der Waals surface area contributed by atoms with Crippen LogP contribution in [0.15, 0.2) is 12.2 Å². The maximum atomic E-state index is 9.01. The normalized spacial score (nSPS) is 14.8. The molecule has 0 aliphatic carbocycles. The van der Waals surface area contributed by atoms with E-state index in [1.807, 2.05) is 13.8 Å². The van der Waals surface area contributed by atoms with E-state index in [1.54, 1.807) is 0 Å². The van der Waals surface area contributed by atoms with Crippen molar-refractivity contribution in [1.29, 1.82) is 0 Å². The Hall–Kier alpha value is -0.0500. The van der Waals surface area contributed by atoms with E-state index in [-0.39, 0.29) is 4.87 Å². The van der Waals surface area contributed by atoms with Crippen molar-refractivity contribution in [2.45, 2.75) is 152 Å². The summed E-state index contributed by atoms with van der Waals surface area (Å²) in [6.07, 6.45) is 12.7. The van der Waals surface area contributed by atoms with Gasteiger partial charge in [0.1, 0.15) is 0 Å². The minimum absolute atomic E-state index is 0.0566. The molecule has 212 valence electrons. The van der Waals surface area contributed by atoms with Crippen molar-refractivity contribution in [2.24, 2.45) is 28.1 Å². The summed E-state index contributed by atoms with van der Waals surface area (Å²) in [4.78, 5) is -0.0566. The SMILES string of the molecule is C=C(C)CC(C)(C)CC(C)(C)CC(C)(C)CCCC(C)CCO.CC(CCO)CCCC(C)(C)Cl. The van der Waals surface area contributed by atoms with Gasteiger partial charge in [0.15, 0.2) is 0 Å². The first-order valence-corrected chi connectivity index (χ1v) is 14.7. The fourth-order valence-electron chi connectivity index (χ4n) is 6.15. The number of hydrogen-bond donors (Lipinski definition) is 2. The second-order valence-electron chi connectivity index (χ2n) is 14.7. The number of aliphatic hydroxyl groups is 2. The Morgan fingerprint density at radius 2 is 1.09 bits per heavy atom. The van der Waals surface area contributed by atoms with Crippen molar-refractivity contribution < 1.29 is 10.2 Å². The lowest BCUT2D eigenvalue weighted by molar-refractivity contribution is 0.116. The zero-order valence-corrected chi connectivity index (χ0v) is 26.6. The predicted octanol–water partition coefficient (Wildman–Crippen LogP) is 10.2.